The molecule has 1 heterocycles. The Hall–Kier alpha value is -1.39. The summed E-state index contributed by atoms with van der Waals surface area (Å²) in [6.07, 6.45) is 1.76. The summed E-state index contributed by atoms with van der Waals surface area (Å²) in [5.41, 5.74) is 6.95. The van der Waals surface area contributed by atoms with Gasteiger partial charge in [-0.1, -0.05) is 30.3 Å². The number of nitrogens with one attached hydrogen (secondary N) is 1. The van der Waals surface area contributed by atoms with E-state index in [-0.39, 0.29) is 6.04 Å². The Bertz CT molecular complexity index is 456. The molecular formula is C13H14BrN3. The minimum atomic E-state index is 0.0878. The molecular weight excluding hydrogens is 278 g/mol. The average molecular weight is 292 g/mol. The van der Waals surface area contributed by atoms with Gasteiger partial charge in [0.2, 0.25) is 0 Å². The molecule has 0 amide bonds. The maximum atomic E-state index is 5.78. The van der Waals surface area contributed by atoms with E-state index in [4.69, 9.17) is 5.73 Å². The maximum absolute atomic E-state index is 5.78. The summed E-state index contributed by atoms with van der Waals surface area (Å²) in [7, 11) is 0. The van der Waals surface area contributed by atoms with Crippen molar-refractivity contribution in [3.8, 4) is 0 Å². The lowest BCUT2D eigenvalue weighted by molar-refractivity contribution is 0.784. The van der Waals surface area contributed by atoms with Crippen LogP contribution in [0.1, 0.15) is 11.6 Å². The van der Waals surface area contributed by atoms with Crippen LogP contribution in [0.4, 0.5) is 5.82 Å². The smallest absolute Gasteiger partial charge is 0.126 e. The van der Waals surface area contributed by atoms with E-state index < -0.39 is 0 Å². The fraction of sp³-hybridized carbons (Fsp3) is 0.154. The van der Waals surface area contributed by atoms with Crippen molar-refractivity contribution in [2.75, 3.05) is 11.9 Å². The van der Waals surface area contributed by atoms with Gasteiger partial charge in [0.1, 0.15) is 5.82 Å². The highest BCUT2D eigenvalue weighted by Crippen LogP contribution is 2.18. The molecule has 1 aromatic heterocycles. The minimum Gasteiger partial charge on any atom is -0.362 e. The van der Waals surface area contributed by atoms with Crippen LogP contribution in [0, 0.1) is 0 Å². The van der Waals surface area contributed by atoms with Crippen LogP contribution in [0.3, 0.4) is 0 Å². The summed E-state index contributed by atoms with van der Waals surface area (Å²) in [6.45, 7) is 0.530. The van der Waals surface area contributed by atoms with E-state index in [1.165, 1.54) is 5.56 Å². The van der Waals surface area contributed by atoms with Crippen molar-refractivity contribution in [2.24, 2.45) is 5.73 Å². The third-order valence-electron chi connectivity index (χ3n) is 2.49. The molecule has 0 aliphatic heterocycles. The third kappa shape index (κ3) is 3.28. The molecule has 17 heavy (non-hydrogen) atoms. The molecule has 4 heteroatoms. The van der Waals surface area contributed by atoms with Gasteiger partial charge in [0.15, 0.2) is 0 Å². The summed E-state index contributed by atoms with van der Waals surface area (Å²) in [5, 5.41) is 3.32. The van der Waals surface area contributed by atoms with Crippen LogP contribution >= 0.6 is 15.9 Å². The highest BCUT2D eigenvalue weighted by Gasteiger charge is 2.08. The van der Waals surface area contributed by atoms with E-state index in [9.17, 15) is 0 Å². The van der Waals surface area contributed by atoms with Crippen molar-refractivity contribution in [2.45, 2.75) is 6.04 Å². The zero-order chi connectivity index (χ0) is 12.1. The largest absolute Gasteiger partial charge is 0.362 e. The van der Waals surface area contributed by atoms with Gasteiger partial charge in [-0.25, -0.2) is 4.98 Å². The summed E-state index contributed by atoms with van der Waals surface area (Å²) >= 11 is 3.36. The molecule has 0 aliphatic carbocycles. The van der Waals surface area contributed by atoms with Crippen molar-refractivity contribution in [3.05, 3.63) is 58.7 Å². The lowest BCUT2D eigenvalue weighted by Gasteiger charge is -2.17. The van der Waals surface area contributed by atoms with E-state index in [0.29, 0.717) is 6.54 Å². The van der Waals surface area contributed by atoms with Gasteiger partial charge in [0.05, 0.1) is 6.04 Å². The highest BCUT2D eigenvalue weighted by molar-refractivity contribution is 9.10. The Labute approximate surface area is 109 Å². The molecule has 3 N–H and O–H groups in total. The number of aromatic nitrogens is 1. The average Bonchev–Trinajstić information content (AvgIpc) is 2.39. The number of pyridine rings is 1. The van der Waals surface area contributed by atoms with E-state index in [1.54, 1.807) is 6.20 Å². The fourth-order valence-corrected chi connectivity index (χ4v) is 1.84. The first-order chi connectivity index (χ1) is 8.29. The number of benzene rings is 1. The van der Waals surface area contributed by atoms with Crippen molar-refractivity contribution in [1.29, 1.82) is 0 Å². The van der Waals surface area contributed by atoms with Crippen molar-refractivity contribution in [3.63, 3.8) is 0 Å². The Morgan fingerprint density at radius 1 is 1.18 bits per heavy atom. The van der Waals surface area contributed by atoms with E-state index >= 15 is 0 Å². The molecule has 3 nitrogen and oxygen atoms in total. The zero-order valence-corrected chi connectivity index (χ0v) is 10.9. The van der Waals surface area contributed by atoms with Gasteiger partial charge in [-0.2, -0.15) is 0 Å². The van der Waals surface area contributed by atoms with Gasteiger partial charge in [0.25, 0.3) is 0 Å². The van der Waals surface area contributed by atoms with Crippen LogP contribution in [0.5, 0.6) is 0 Å². The topological polar surface area (TPSA) is 50.9 Å². The zero-order valence-electron chi connectivity index (χ0n) is 9.31. The SMILES string of the molecule is NCC(Nc1ccc(Br)cn1)c1ccccc1. The number of nitrogens with two attached hydrogens (primary N) is 1. The van der Waals surface area contributed by atoms with Crippen LogP contribution in [0.15, 0.2) is 53.1 Å². The molecule has 1 aromatic carbocycles. The third-order valence-corrected chi connectivity index (χ3v) is 2.96. The van der Waals surface area contributed by atoms with Crippen LogP contribution in [0.2, 0.25) is 0 Å². The van der Waals surface area contributed by atoms with Gasteiger partial charge >= 0.3 is 0 Å². The summed E-state index contributed by atoms with van der Waals surface area (Å²) < 4.78 is 0.965. The maximum Gasteiger partial charge on any atom is 0.126 e. The summed E-state index contributed by atoms with van der Waals surface area (Å²) in [5.74, 6) is 0.826. The van der Waals surface area contributed by atoms with Crippen LogP contribution < -0.4 is 11.1 Å². The Morgan fingerprint density at radius 2 is 1.94 bits per heavy atom. The summed E-state index contributed by atoms with van der Waals surface area (Å²) in [6, 6.07) is 14.1. The molecule has 0 aliphatic rings. The Balaban J connectivity index is 2.13. The second-order valence-corrected chi connectivity index (χ2v) is 4.62. The molecule has 0 saturated heterocycles. The molecule has 2 aromatic rings. The molecule has 1 unspecified atom stereocenters. The second kappa shape index (κ2) is 5.80. The van der Waals surface area contributed by atoms with Gasteiger partial charge in [-0.15, -0.1) is 0 Å². The van der Waals surface area contributed by atoms with Crippen molar-refractivity contribution in [1.82, 2.24) is 4.98 Å². The number of rotatable bonds is 4. The lowest BCUT2D eigenvalue weighted by atomic mass is 10.1. The number of hydrogen-bond donors (Lipinski definition) is 2. The summed E-state index contributed by atoms with van der Waals surface area (Å²) in [4.78, 5) is 4.28. The van der Waals surface area contributed by atoms with Crippen molar-refractivity contribution >= 4 is 21.7 Å². The van der Waals surface area contributed by atoms with Gasteiger partial charge in [0, 0.05) is 17.2 Å². The molecule has 2 rings (SSSR count). The van der Waals surface area contributed by atoms with E-state index in [0.717, 1.165) is 10.3 Å². The quantitative estimate of drug-likeness (QED) is 0.911. The number of hydrogen-bond acceptors (Lipinski definition) is 3. The molecule has 1 atom stereocenters. The molecule has 0 bridgehead atoms. The number of nitrogens with zero attached hydrogens (tertiary/aromatic N) is 1. The highest BCUT2D eigenvalue weighted by atomic mass is 79.9. The molecule has 0 saturated carbocycles. The molecule has 0 fully saturated rings. The second-order valence-electron chi connectivity index (χ2n) is 3.70. The number of anilines is 1. The van der Waals surface area contributed by atoms with Gasteiger partial charge < -0.3 is 11.1 Å². The first-order valence-corrected chi connectivity index (χ1v) is 6.22. The normalized spacial score (nSPS) is 12.1. The molecule has 0 radical (unpaired) electrons. The van der Waals surface area contributed by atoms with Crippen LogP contribution in [-0.4, -0.2) is 11.5 Å². The van der Waals surface area contributed by atoms with Gasteiger partial charge in [-0.05, 0) is 33.6 Å². The molecule has 0 spiro atoms. The van der Waals surface area contributed by atoms with E-state index in [2.05, 4.69) is 38.4 Å². The monoisotopic (exact) mass is 291 g/mol. The lowest BCUT2D eigenvalue weighted by Crippen LogP contribution is -2.20. The predicted octanol–water partition coefficient (Wildman–Crippen LogP) is 2.96. The minimum absolute atomic E-state index is 0.0878. The number of halogens is 1. The molecule has 88 valence electrons. The van der Waals surface area contributed by atoms with Gasteiger partial charge in [-0.3, -0.25) is 0 Å². The fourth-order valence-electron chi connectivity index (χ4n) is 1.60. The Morgan fingerprint density at radius 3 is 2.53 bits per heavy atom. The first kappa shape index (κ1) is 12.1. The van der Waals surface area contributed by atoms with Crippen molar-refractivity contribution < 1.29 is 0 Å². The standard InChI is InChI=1S/C13H14BrN3/c14-11-6-7-13(16-9-11)17-12(8-15)10-4-2-1-3-5-10/h1-7,9,12H,8,15H2,(H,16,17). The van der Waals surface area contributed by atoms with Crippen LogP contribution in [-0.2, 0) is 0 Å². The van der Waals surface area contributed by atoms with Crippen LogP contribution in [0.25, 0.3) is 0 Å². The Kier molecular flexibility index (Phi) is 4.12. The van der Waals surface area contributed by atoms with E-state index in [1.807, 2.05) is 30.3 Å². The first-order valence-electron chi connectivity index (χ1n) is 5.42. The predicted molar refractivity (Wildman–Crippen MR) is 73.8 cm³/mol.